The topological polar surface area (TPSA) is 99.4 Å². The molecule has 5 heteroatoms. The third kappa shape index (κ3) is 2.38. The number of hydrogen-bond donors (Lipinski definition) is 1. The Balaban J connectivity index is 2.06. The predicted octanol–water partition coefficient (Wildman–Crippen LogP) is 4.24. The molecule has 0 fully saturated rings. The third-order valence-corrected chi connectivity index (χ3v) is 4.97. The molecule has 2 heterocycles. The minimum absolute atomic E-state index is 0.157. The van der Waals surface area contributed by atoms with Crippen LogP contribution in [0.5, 0.6) is 0 Å². The summed E-state index contributed by atoms with van der Waals surface area (Å²) in [5.41, 5.74) is 12.5. The molecule has 27 heavy (non-hydrogen) atoms. The lowest BCUT2D eigenvalue weighted by atomic mass is 9.95. The van der Waals surface area contributed by atoms with Gasteiger partial charge in [0.2, 0.25) is 0 Å². The van der Waals surface area contributed by atoms with Crippen LogP contribution in [0.2, 0.25) is 0 Å². The minimum Gasteiger partial charge on any atom is -0.383 e. The second-order valence-electron chi connectivity index (χ2n) is 6.42. The van der Waals surface area contributed by atoms with Crippen LogP contribution in [0.25, 0.3) is 28.1 Å². The second kappa shape index (κ2) is 6.09. The Kier molecular flexibility index (Phi) is 3.72. The van der Waals surface area contributed by atoms with Crippen LogP contribution in [0.1, 0.15) is 34.9 Å². The van der Waals surface area contributed by atoms with E-state index in [2.05, 4.69) is 22.1 Å². The van der Waals surface area contributed by atoms with Gasteiger partial charge in [0.1, 0.15) is 18.0 Å². The van der Waals surface area contributed by atoms with E-state index in [1.54, 1.807) is 6.20 Å². The molecule has 0 spiro atoms. The van der Waals surface area contributed by atoms with Crippen molar-refractivity contribution in [3.05, 3.63) is 70.0 Å². The maximum Gasteiger partial charge on any atom is 0.142 e. The molecule has 0 unspecified atom stereocenters. The molecule has 0 amide bonds. The summed E-state index contributed by atoms with van der Waals surface area (Å²) < 4.78 is 0. The Morgan fingerprint density at radius 2 is 1.85 bits per heavy atom. The summed E-state index contributed by atoms with van der Waals surface area (Å²) in [4.78, 5) is 8.77. The van der Waals surface area contributed by atoms with Gasteiger partial charge in [-0.25, -0.2) is 4.98 Å². The molecular formula is C22H15N5. The first-order chi connectivity index (χ1) is 13.1. The molecule has 1 aromatic carbocycles. The van der Waals surface area contributed by atoms with E-state index >= 15 is 0 Å². The van der Waals surface area contributed by atoms with Crippen molar-refractivity contribution in [3.8, 4) is 12.1 Å². The average molecular weight is 349 g/mol. The standard InChI is InChI=1S/C22H15N5/c1-12-16(9-14-7-8-26-19-6-4-3-5-15(14)19)20-13(2)18(11-24)22(25)27-21(20)17(12)10-23/h3-9H,1-2H3,(H2,25,27)/b16-9+. The van der Waals surface area contributed by atoms with E-state index in [9.17, 15) is 10.5 Å². The Hall–Kier alpha value is -3.96. The maximum atomic E-state index is 9.66. The molecule has 1 aliphatic carbocycles. The molecule has 128 valence electrons. The SMILES string of the molecule is CC1=C(C#N)c2nc(N)c(C#N)c(C)c2/C1=C/c1ccnc2ccccc12. The fraction of sp³-hybridized carbons (Fsp3) is 0.0909. The van der Waals surface area contributed by atoms with Crippen LogP contribution in [0.4, 0.5) is 5.82 Å². The summed E-state index contributed by atoms with van der Waals surface area (Å²) >= 11 is 0. The zero-order valence-corrected chi connectivity index (χ0v) is 14.9. The Morgan fingerprint density at radius 1 is 1.07 bits per heavy atom. The zero-order chi connectivity index (χ0) is 19.1. The van der Waals surface area contributed by atoms with Crippen LogP contribution in [0.15, 0.2) is 42.1 Å². The highest BCUT2D eigenvalue weighted by Crippen LogP contribution is 2.44. The largest absolute Gasteiger partial charge is 0.383 e. The number of pyridine rings is 2. The predicted molar refractivity (Wildman–Crippen MR) is 106 cm³/mol. The van der Waals surface area contributed by atoms with E-state index in [1.807, 2.05) is 50.3 Å². The van der Waals surface area contributed by atoms with Gasteiger partial charge >= 0.3 is 0 Å². The number of aromatic nitrogens is 2. The van der Waals surface area contributed by atoms with Gasteiger partial charge in [-0.05, 0) is 54.3 Å². The molecular weight excluding hydrogens is 334 g/mol. The molecule has 0 aliphatic heterocycles. The number of hydrogen-bond acceptors (Lipinski definition) is 5. The van der Waals surface area contributed by atoms with Gasteiger partial charge < -0.3 is 5.73 Å². The Labute approximate surface area is 156 Å². The van der Waals surface area contributed by atoms with Crippen LogP contribution in [0, 0.1) is 29.6 Å². The number of nitrogens with two attached hydrogens (primary N) is 1. The van der Waals surface area contributed by atoms with Gasteiger partial charge in [0.15, 0.2) is 0 Å². The molecule has 2 aromatic heterocycles. The van der Waals surface area contributed by atoms with E-state index in [-0.39, 0.29) is 5.82 Å². The third-order valence-electron chi connectivity index (χ3n) is 4.97. The lowest BCUT2D eigenvalue weighted by Gasteiger charge is -2.11. The smallest absolute Gasteiger partial charge is 0.142 e. The van der Waals surface area contributed by atoms with E-state index in [4.69, 9.17) is 5.73 Å². The molecule has 0 radical (unpaired) electrons. The Bertz CT molecular complexity index is 1260. The molecule has 0 bridgehead atoms. The van der Waals surface area contributed by atoms with Crippen LogP contribution in [-0.4, -0.2) is 9.97 Å². The van der Waals surface area contributed by atoms with Gasteiger partial charge in [0.05, 0.1) is 22.3 Å². The van der Waals surface area contributed by atoms with Crippen molar-refractivity contribution in [2.45, 2.75) is 13.8 Å². The molecule has 4 rings (SSSR count). The van der Waals surface area contributed by atoms with Gasteiger partial charge in [0.25, 0.3) is 0 Å². The number of nitrogen functional groups attached to an aromatic ring is 1. The average Bonchev–Trinajstić information content (AvgIpc) is 2.93. The first-order valence-corrected chi connectivity index (χ1v) is 8.44. The van der Waals surface area contributed by atoms with Gasteiger partial charge in [-0.2, -0.15) is 10.5 Å². The fourth-order valence-electron chi connectivity index (χ4n) is 3.59. The lowest BCUT2D eigenvalue weighted by molar-refractivity contribution is 1.22. The van der Waals surface area contributed by atoms with Crippen molar-refractivity contribution >= 4 is 33.9 Å². The molecule has 3 aromatic rings. The normalized spacial score (nSPS) is 14.3. The highest BCUT2D eigenvalue weighted by molar-refractivity contribution is 6.10. The minimum atomic E-state index is 0.157. The zero-order valence-electron chi connectivity index (χ0n) is 14.9. The van der Waals surface area contributed by atoms with Gasteiger partial charge in [-0.1, -0.05) is 18.2 Å². The summed E-state index contributed by atoms with van der Waals surface area (Å²) in [5.74, 6) is 0.157. The molecule has 0 saturated carbocycles. The molecule has 0 saturated heterocycles. The van der Waals surface area contributed by atoms with E-state index in [0.717, 1.165) is 38.7 Å². The number of nitriles is 2. The fourth-order valence-corrected chi connectivity index (χ4v) is 3.59. The maximum absolute atomic E-state index is 9.66. The first kappa shape index (κ1) is 16.5. The highest BCUT2D eigenvalue weighted by Gasteiger charge is 2.29. The molecule has 5 nitrogen and oxygen atoms in total. The van der Waals surface area contributed by atoms with Crippen molar-refractivity contribution in [2.24, 2.45) is 0 Å². The van der Waals surface area contributed by atoms with Gasteiger partial charge in [0, 0.05) is 17.1 Å². The summed E-state index contributed by atoms with van der Waals surface area (Å²) in [6.07, 6.45) is 3.80. The van der Waals surface area contributed by atoms with Crippen LogP contribution in [-0.2, 0) is 0 Å². The number of rotatable bonds is 1. The van der Waals surface area contributed by atoms with Crippen LogP contribution < -0.4 is 5.73 Å². The van der Waals surface area contributed by atoms with Crippen LogP contribution >= 0.6 is 0 Å². The number of para-hydroxylation sites is 1. The van der Waals surface area contributed by atoms with E-state index in [0.29, 0.717) is 16.8 Å². The van der Waals surface area contributed by atoms with Crippen molar-refractivity contribution in [1.29, 1.82) is 10.5 Å². The van der Waals surface area contributed by atoms with Crippen molar-refractivity contribution < 1.29 is 0 Å². The summed E-state index contributed by atoms with van der Waals surface area (Å²) in [7, 11) is 0. The molecule has 0 atom stereocenters. The summed E-state index contributed by atoms with van der Waals surface area (Å²) in [5, 5.41) is 20.1. The van der Waals surface area contributed by atoms with Crippen molar-refractivity contribution in [3.63, 3.8) is 0 Å². The molecule has 1 aliphatic rings. The van der Waals surface area contributed by atoms with Crippen LogP contribution in [0.3, 0.4) is 0 Å². The summed E-state index contributed by atoms with van der Waals surface area (Å²) in [6, 6.07) is 14.2. The monoisotopic (exact) mass is 349 g/mol. The second-order valence-corrected chi connectivity index (χ2v) is 6.42. The number of benzene rings is 1. The van der Waals surface area contributed by atoms with E-state index in [1.165, 1.54) is 0 Å². The van der Waals surface area contributed by atoms with Gasteiger partial charge in [-0.3, -0.25) is 4.98 Å². The Morgan fingerprint density at radius 3 is 2.59 bits per heavy atom. The van der Waals surface area contributed by atoms with Gasteiger partial charge in [-0.15, -0.1) is 0 Å². The highest BCUT2D eigenvalue weighted by atomic mass is 14.9. The quantitative estimate of drug-likeness (QED) is 0.708. The molecule has 2 N–H and O–H groups in total. The number of allylic oxidation sites excluding steroid dienone is 3. The summed E-state index contributed by atoms with van der Waals surface area (Å²) in [6.45, 7) is 3.75. The van der Waals surface area contributed by atoms with Crippen molar-refractivity contribution in [2.75, 3.05) is 5.73 Å². The van der Waals surface area contributed by atoms with Crippen molar-refractivity contribution in [1.82, 2.24) is 9.97 Å². The number of nitrogens with zero attached hydrogens (tertiary/aromatic N) is 4. The first-order valence-electron chi connectivity index (χ1n) is 8.44. The van der Waals surface area contributed by atoms with E-state index < -0.39 is 0 Å². The number of anilines is 1. The number of fused-ring (bicyclic) bond motifs is 2. The lowest BCUT2D eigenvalue weighted by Crippen LogP contribution is -2.03.